The molecule has 1 aromatic heterocycles. The van der Waals surface area contributed by atoms with Crippen molar-refractivity contribution in [3.63, 3.8) is 0 Å². The van der Waals surface area contributed by atoms with E-state index in [0.717, 1.165) is 0 Å². The summed E-state index contributed by atoms with van der Waals surface area (Å²) < 4.78 is 42.2. The standard InChI is InChI=1S/C19H16O7S/c1-12(20)11-15(13-7-3-2-4-8-13)17-18(26-27(22,23)24)14-9-5-6-10-16(14)25-19(17)21/h2-10,15H,11H2,1H3,(H,22,23,24). The minimum atomic E-state index is -4.92. The van der Waals surface area contributed by atoms with Crippen molar-refractivity contribution in [3.05, 3.63) is 76.1 Å². The molecule has 8 heteroatoms. The molecular formula is C19H16O7S. The third-order valence-electron chi connectivity index (χ3n) is 4.03. The van der Waals surface area contributed by atoms with E-state index >= 15 is 0 Å². The van der Waals surface area contributed by atoms with Crippen LogP contribution in [0.1, 0.15) is 30.4 Å². The second-order valence-corrected chi connectivity index (χ2v) is 7.03. The zero-order valence-electron chi connectivity index (χ0n) is 14.3. The summed E-state index contributed by atoms with van der Waals surface area (Å²) in [5.41, 5.74) is -0.287. The SMILES string of the molecule is CC(=O)CC(c1ccccc1)c1c(OS(=O)(=O)O)c2ccccc2oc1=O. The first-order chi connectivity index (χ1) is 12.8. The third-order valence-corrected chi connectivity index (χ3v) is 4.41. The third kappa shape index (κ3) is 4.24. The van der Waals surface area contributed by atoms with Crippen molar-refractivity contribution in [1.29, 1.82) is 0 Å². The summed E-state index contributed by atoms with van der Waals surface area (Å²) in [4.78, 5) is 24.5. The number of ketones is 1. The molecule has 2 aromatic carbocycles. The molecule has 0 aliphatic heterocycles. The van der Waals surface area contributed by atoms with Crippen LogP contribution in [0.5, 0.6) is 5.75 Å². The van der Waals surface area contributed by atoms with Crippen molar-refractivity contribution in [1.82, 2.24) is 0 Å². The van der Waals surface area contributed by atoms with Gasteiger partial charge in [-0.15, -0.1) is 0 Å². The van der Waals surface area contributed by atoms with Gasteiger partial charge in [-0.25, -0.2) is 4.79 Å². The number of Topliss-reactive ketones (excluding diaryl/α,β-unsaturated/α-hetero) is 1. The van der Waals surface area contributed by atoms with Crippen molar-refractivity contribution < 1.29 is 26.4 Å². The fraction of sp³-hybridized carbons (Fsp3) is 0.158. The Kier molecular flexibility index (Phi) is 5.11. The number of benzene rings is 2. The maximum absolute atomic E-state index is 12.7. The van der Waals surface area contributed by atoms with Gasteiger partial charge in [0.2, 0.25) is 0 Å². The highest BCUT2D eigenvalue weighted by atomic mass is 32.3. The summed E-state index contributed by atoms with van der Waals surface area (Å²) in [7, 11) is -4.92. The molecular weight excluding hydrogens is 372 g/mol. The van der Waals surface area contributed by atoms with Crippen molar-refractivity contribution in [2.75, 3.05) is 0 Å². The minimum Gasteiger partial charge on any atom is -0.422 e. The van der Waals surface area contributed by atoms with E-state index in [9.17, 15) is 22.6 Å². The number of rotatable bonds is 6. The Hall–Kier alpha value is -2.97. The van der Waals surface area contributed by atoms with Gasteiger partial charge in [0, 0.05) is 12.3 Å². The van der Waals surface area contributed by atoms with Crippen LogP contribution in [0.3, 0.4) is 0 Å². The predicted octanol–water partition coefficient (Wildman–Crippen LogP) is 3.09. The number of hydrogen-bond donors (Lipinski definition) is 1. The van der Waals surface area contributed by atoms with Crippen LogP contribution in [0.25, 0.3) is 11.0 Å². The number of carbonyl (C=O) groups excluding carboxylic acids is 1. The van der Waals surface area contributed by atoms with Crippen LogP contribution in [-0.2, 0) is 15.2 Å². The molecule has 0 fully saturated rings. The highest BCUT2D eigenvalue weighted by Gasteiger charge is 2.29. The predicted molar refractivity (Wildman–Crippen MR) is 98.2 cm³/mol. The van der Waals surface area contributed by atoms with Crippen molar-refractivity contribution in [2.45, 2.75) is 19.3 Å². The first-order valence-electron chi connectivity index (χ1n) is 8.03. The summed E-state index contributed by atoms with van der Waals surface area (Å²) in [6, 6.07) is 14.8. The van der Waals surface area contributed by atoms with Crippen LogP contribution in [0.15, 0.2) is 63.8 Å². The molecule has 0 spiro atoms. The summed E-state index contributed by atoms with van der Waals surface area (Å²) in [6.07, 6.45) is -0.0745. The van der Waals surface area contributed by atoms with Gasteiger partial charge >= 0.3 is 16.0 Å². The second-order valence-electron chi connectivity index (χ2n) is 6.01. The number of fused-ring (bicyclic) bond motifs is 1. The quantitative estimate of drug-likeness (QED) is 0.510. The Balaban J connectivity index is 2.36. The summed E-state index contributed by atoms with van der Waals surface area (Å²) in [5, 5.41) is 0.189. The molecule has 1 unspecified atom stereocenters. The lowest BCUT2D eigenvalue weighted by molar-refractivity contribution is -0.117. The fourth-order valence-electron chi connectivity index (χ4n) is 2.99. The monoisotopic (exact) mass is 388 g/mol. The van der Waals surface area contributed by atoms with Gasteiger partial charge in [0.05, 0.1) is 10.9 Å². The van der Waals surface area contributed by atoms with Crippen molar-refractivity contribution >= 4 is 27.2 Å². The molecule has 3 rings (SSSR count). The summed E-state index contributed by atoms with van der Waals surface area (Å²) >= 11 is 0. The molecule has 27 heavy (non-hydrogen) atoms. The van der Waals surface area contributed by atoms with Crippen molar-refractivity contribution in [2.24, 2.45) is 0 Å². The van der Waals surface area contributed by atoms with Crippen molar-refractivity contribution in [3.8, 4) is 5.75 Å². The first kappa shape index (κ1) is 18.8. The van der Waals surface area contributed by atoms with Gasteiger partial charge < -0.3 is 8.60 Å². The van der Waals surface area contributed by atoms with Crippen LogP contribution in [0, 0.1) is 0 Å². The normalized spacial score (nSPS) is 12.7. The average molecular weight is 388 g/mol. The van der Waals surface area contributed by atoms with Gasteiger partial charge in [0.25, 0.3) is 0 Å². The molecule has 0 aliphatic rings. The molecule has 0 saturated heterocycles. The molecule has 0 radical (unpaired) electrons. The molecule has 1 N–H and O–H groups in total. The number of para-hydroxylation sites is 1. The highest BCUT2D eigenvalue weighted by Crippen LogP contribution is 2.37. The van der Waals surface area contributed by atoms with E-state index < -0.39 is 21.9 Å². The summed E-state index contributed by atoms with van der Waals surface area (Å²) in [6.45, 7) is 1.36. The Morgan fingerprint density at radius 1 is 1.11 bits per heavy atom. The lowest BCUT2D eigenvalue weighted by Crippen LogP contribution is -2.20. The van der Waals surface area contributed by atoms with E-state index in [1.807, 2.05) is 0 Å². The van der Waals surface area contributed by atoms with Gasteiger partial charge in [0.1, 0.15) is 11.4 Å². The van der Waals surface area contributed by atoms with Gasteiger partial charge in [-0.05, 0) is 24.6 Å². The van der Waals surface area contributed by atoms with Gasteiger partial charge in [-0.1, -0.05) is 42.5 Å². The van der Waals surface area contributed by atoms with Gasteiger partial charge in [0.15, 0.2) is 5.75 Å². The lowest BCUT2D eigenvalue weighted by atomic mass is 9.87. The molecule has 0 aliphatic carbocycles. The molecule has 140 valence electrons. The molecule has 0 saturated carbocycles. The Bertz CT molecular complexity index is 1150. The van der Waals surface area contributed by atoms with Crippen LogP contribution >= 0.6 is 0 Å². The average Bonchev–Trinajstić information content (AvgIpc) is 2.60. The Labute approximate surface area is 155 Å². The van der Waals surface area contributed by atoms with E-state index in [0.29, 0.717) is 5.56 Å². The minimum absolute atomic E-state index is 0.0745. The topological polar surface area (TPSA) is 111 Å². The Morgan fingerprint density at radius 3 is 2.37 bits per heavy atom. The largest absolute Gasteiger partial charge is 0.446 e. The zero-order valence-corrected chi connectivity index (χ0v) is 15.1. The highest BCUT2D eigenvalue weighted by molar-refractivity contribution is 7.81. The van der Waals surface area contributed by atoms with E-state index in [1.165, 1.54) is 19.1 Å². The molecule has 0 amide bonds. The van der Waals surface area contributed by atoms with Crippen LogP contribution < -0.4 is 9.81 Å². The summed E-state index contributed by atoms with van der Waals surface area (Å²) in [5.74, 6) is -1.37. The molecule has 1 heterocycles. The Morgan fingerprint density at radius 2 is 1.74 bits per heavy atom. The zero-order chi connectivity index (χ0) is 19.6. The maximum Gasteiger partial charge on any atom is 0.446 e. The van der Waals surface area contributed by atoms with Crippen LogP contribution in [-0.4, -0.2) is 18.8 Å². The van der Waals surface area contributed by atoms with E-state index in [2.05, 4.69) is 0 Å². The van der Waals surface area contributed by atoms with Gasteiger partial charge in [-0.3, -0.25) is 9.35 Å². The number of carbonyl (C=O) groups is 1. The van der Waals surface area contributed by atoms with Gasteiger partial charge in [-0.2, -0.15) is 8.42 Å². The second kappa shape index (κ2) is 7.34. The van der Waals surface area contributed by atoms with E-state index in [4.69, 9.17) is 8.60 Å². The maximum atomic E-state index is 12.7. The molecule has 3 aromatic rings. The lowest BCUT2D eigenvalue weighted by Gasteiger charge is -2.19. The molecule has 0 bridgehead atoms. The van der Waals surface area contributed by atoms with Crippen LogP contribution in [0.2, 0.25) is 0 Å². The smallest absolute Gasteiger partial charge is 0.422 e. The molecule has 1 atom stereocenters. The van der Waals surface area contributed by atoms with E-state index in [1.54, 1.807) is 42.5 Å². The number of hydrogen-bond acceptors (Lipinski definition) is 6. The fourth-order valence-corrected chi connectivity index (χ4v) is 3.38. The molecule has 7 nitrogen and oxygen atoms in total. The van der Waals surface area contributed by atoms with E-state index in [-0.39, 0.29) is 34.5 Å². The van der Waals surface area contributed by atoms with Crippen LogP contribution in [0.4, 0.5) is 0 Å². The first-order valence-corrected chi connectivity index (χ1v) is 9.40.